The first-order chi connectivity index (χ1) is 10.4. The number of amides is 1. The molecule has 0 radical (unpaired) electrons. The van der Waals surface area contributed by atoms with Gasteiger partial charge < -0.3 is 14.7 Å². The molecular formula is C16H20ClNO4. The second kappa shape index (κ2) is 7.01. The van der Waals surface area contributed by atoms with Crippen molar-refractivity contribution < 1.29 is 19.4 Å². The molecule has 6 heteroatoms. The maximum Gasteiger partial charge on any atom is 0.308 e. The van der Waals surface area contributed by atoms with Crippen LogP contribution in [0.2, 0.25) is 5.02 Å². The summed E-state index contributed by atoms with van der Waals surface area (Å²) < 4.78 is 5.55. The molecule has 2 unspecified atom stereocenters. The summed E-state index contributed by atoms with van der Waals surface area (Å²) in [6, 6.07) is 5.24. The predicted molar refractivity (Wildman–Crippen MR) is 83.2 cm³/mol. The fourth-order valence-electron chi connectivity index (χ4n) is 2.65. The zero-order valence-electron chi connectivity index (χ0n) is 12.7. The van der Waals surface area contributed by atoms with Crippen LogP contribution in [0.1, 0.15) is 25.3 Å². The summed E-state index contributed by atoms with van der Waals surface area (Å²) in [6.07, 6.45) is 1.31. The number of likely N-dealkylation sites (tertiary alicyclic amines) is 1. The van der Waals surface area contributed by atoms with E-state index in [1.807, 2.05) is 13.8 Å². The smallest absolute Gasteiger partial charge is 0.308 e. The van der Waals surface area contributed by atoms with E-state index in [-0.39, 0.29) is 25.1 Å². The Morgan fingerprint density at radius 3 is 2.77 bits per heavy atom. The third kappa shape index (κ3) is 3.91. The Bertz CT molecular complexity index is 575. The fourth-order valence-corrected chi connectivity index (χ4v) is 2.88. The van der Waals surface area contributed by atoms with Gasteiger partial charge in [-0.15, -0.1) is 0 Å². The van der Waals surface area contributed by atoms with Gasteiger partial charge in [-0.2, -0.15) is 0 Å². The van der Waals surface area contributed by atoms with Crippen LogP contribution in [-0.2, 0) is 9.59 Å². The summed E-state index contributed by atoms with van der Waals surface area (Å²) in [5, 5.41) is 9.73. The maximum absolute atomic E-state index is 12.3. The fraction of sp³-hybridized carbons (Fsp3) is 0.500. The van der Waals surface area contributed by atoms with Crippen LogP contribution < -0.4 is 4.74 Å². The summed E-state index contributed by atoms with van der Waals surface area (Å²) >= 11 is 5.88. The molecule has 0 aliphatic carbocycles. The Labute approximate surface area is 134 Å². The molecule has 0 spiro atoms. The number of halogens is 1. The normalized spacial score (nSPS) is 21.5. The van der Waals surface area contributed by atoms with E-state index in [9.17, 15) is 9.59 Å². The van der Waals surface area contributed by atoms with E-state index in [0.717, 1.165) is 5.56 Å². The van der Waals surface area contributed by atoms with Crippen LogP contribution in [0.25, 0.3) is 0 Å². The minimum Gasteiger partial charge on any atom is -0.483 e. The second-order valence-corrected chi connectivity index (χ2v) is 6.14. The lowest BCUT2D eigenvalue weighted by Gasteiger charge is -2.36. The molecule has 1 aliphatic rings. The number of aryl methyl sites for hydroxylation is 1. The first kappa shape index (κ1) is 16.6. The molecule has 1 aliphatic heterocycles. The lowest BCUT2D eigenvalue weighted by Crippen LogP contribution is -2.49. The van der Waals surface area contributed by atoms with Gasteiger partial charge in [-0.1, -0.05) is 11.6 Å². The van der Waals surface area contributed by atoms with Gasteiger partial charge >= 0.3 is 5.97 Å². The molecule has 22 heavy (non-hydrogen) atoms. The molecule has 1 aromatic rings. The highest BCUT2D eigenvalue weighted by molar-refractivity contribution is 6.30. The molecule has 1 saturated heterocycles. The number of hydrogen-bond donors (Lipinski definition) is 1. The van der Waals surface area contributed by atoms with Crippen LogP contribution in [0.3, 0.4) is 0 Å². The third-order valence-electron chi connectivity index (χ3n) is 4.04. The lowest BCUT2D eigenvalue weighted by molar-refractivity contribution is -0.147. The number of carbonyl (C=O) groups excluding carboxylic acids is 1. The highest BCUT2D eigenvalue weighted by Gasteiger charge is 2.32. The molecule has 1 amide bonds. The number of hydrogen-bond acceptors (Lipinski definition) is 3. The number of ether oxygens (including phenoxy) is 1. The molecule has 0 aromatic heterocycles. The monoisotopic (exact) mass is 325 g/mol. The zero-order valence-corrected chi connectivity index (χ0v) is 13.5. The highest BCUT2D eigenvalue weighted by Crippen LogP contribution is 2.24. The van der Waals surface area contributed by atoms with Crippen molar-refractivity contribution in [2.45, 2.75) is 32.7 Å². The SMILES string of the molecule is Cc1cc(Cl)ccc1OCC(=O)N1CC(C(=O)O)CCC1C. The maximum atomic E-state index is 12.3. The van der Waals surface area contributed by atoms with Gasteiger partial charge in [0.1, 0.15) is 5.75 Å². The lowest BCUT2D eigenvalue weighted by atomic mass is 9.93. The van der Waals surface area contributed by atoms with E-state index in [2.05, 4.69) is 0 Å². The van der Waals surface area contributed by atoms with Crippen molar-refractivity contribution in [3.05, 3.63) is 28.8 Å². The number of benzene rings is 1. The summed E-state index contributed by atoms with van der Waals surface area (Å²) in [5.41, 5.74) is 0.857. The number of nitrogens with zero attached hydrogens (tertiary/aromatic N) is 1. The van der Waals surface area contributed by atoms with Crippen molar-refractivity contribution >= 4 is 23.5 Å². The van der Waals surface area contributed by atoms with Gasteiger partial charge in [-0.3, -0.25) is 9.59 Å². The molecule has 0 saturated carbocycles. The molecule has 0 bridgehead atoms. The number of rotatable bonds is 4. The average molecular weight is 326 g/mol. The van der Waals surface area contributed by atoms with Crippen LogP contribution >= 0.6 is 11.6 Å². The van der Waals surface area contributed by atoms with Crippen molar-refractivity contribution in [2.75, 3.05) is 13.2 Å². The Morgan fingerprint density at radius 1 is 1.41 bits per heavy atom. The van der Waals surface area contributed by atoms with Crippen molar-refractivity contribution in [3.8, 4) is 5.75 Å². The molecule has 1 fully saturated rings. The van der Waals surface area contributed by atoms with Crippen molar-refractivity contribution in [1.82, 2.24) is 4.90 Å². The zero-order chi connectivity index (χ0) is 16.3. The predicted octanol–water partition coefficient (Wildman–Crippen LogP) is 2.74. The molecule has 2 atom stereocenters. The van der Waals surface area contributed by atoms with E-state index in [1.165, 1.54) is 0 Å². The van der Waals surface area contributed by atoms with Crippen LogP contribution in [0.4, 0.5) is 0 Å². The molecular weight excluding hydrogens is 306 g/mol. The minimum atomic E-state index is -0.848. The van der Waals surface area contributed by atoms with Crippen LogP contribution in [0, 0.1) is 12.8 Å². The Kier molecular flexibility index (Phi) is 5.29. The molecule has 120 valence electrons. The van der Waals surface area contributed by atoms with Crippen molar-refractivity contribution in [3.63, 3.8) is 0 Å². The van der Waals surface area contributed by atoms with Gasteiger partial charge in [0.25, 0.3) is 5.91 Å². The van der Waals surface area contributed by atoms with Crippen molar-refractivity contribution in [2.24, 2.45) is 5.92 Å². The average Bonchev–Trinajstić information content (AvgIpc) is 2.46. The highest BCUT2D eigenvalue weighted by atomic mass is 35.5. The number of carbonyl (C=O) groups is 2. The summed E-state index contributed by atoms with van der Waals surface area (Å²) in [7, 11) is 0. The van der Waals surface area contributed by atoms with Gasteiger partial charge in [0, 0.05) is 17.6 Å². The third-order valence-corrected chi connectivity index (χ3v) is 4.27. The van der Waals surface area contributed by atoms with Gasteiger partial charge in [-0.05, 0) is 50.5 Å². The first-order valence-electron chi connectivity index (χ1n) is 7.29. The molecule has 1 N–H and O–H groups in total. The van der Waals surface area contributed by atoms with E-state index in [1.54, 1.807) is 23.1 Å². The van der Waals surface area contributed by atoms with Crippen LogP contribution in [-0.4, -0.2) is 41.1 Å². The molecule has 1 aromatic carbocycles. The van der Waals surface area contributed by atoms with E-state index in [4.69, 9.17) is 21.4 Å². The van der Waals surface area contributed by atoms with Crippen LogP contribution in [0.5, 0.6) is 5.75 Å². The minimum absolute atomic E-state index is 0.0398. The largest absolute Gasteiger partial charge is 0.483 e. The summed E-state index contributed by atoms with van der Waals surface area (Å²) in [4.78, 5) is 25.0. The Morgan fingerprint density at radius 2 is 2.14 bits per heavy atom. The van der Waals surface area contributed by atoms with Crippen LogP contribution in [0.15, 0.2) is 18.2 Å². The Balaban J connectivity index is 1.97. The quantitative estimate of drug-likeness (QED) is 0.924. The number of carboxylic acids is 1. The Hall–Kier alpha value is -1.75. The molecule has 5 nitrogen and oxygen atoms in total. The van der Waals surface area contributed by atoms with E-state index < -0.39 is 11.9 Å². The number of carboxylic acid groups (broad SMARTS) is 1. The van der Waals surface area contributed by atoms with Crippen molar-refractivity contribution in [1.29, 1.82) is 0 Å². The second-order valence-electron chi connectivity index (χ2n) is 5.71. The van der Waals surface area contributed by atoms with Gasteiger partial charge in [0.05, 0.1) is 5.92 Å². The number of piperidine rings is 1. The van der Waals surface area contributed by atoms with E-state index >= 15 is 0 Å². The summed E-state index contributed by atoms with van der Waals surface area (Å²) in [5.74, 6) is -0.915. The number of aliphatic carboxylic acids is 1. The topological polar surface area (TPSA) is 66.8 Å². The summed E-state index contributed by atoms with van der Waals surface area (Å²) in [6.45, 7) is 3.94. The molecule has 1 heterocycles. The molecule has 2 rings (SSSR count). The first-order valence-corrected chi connectivity index (χ1v) is 7.67. The van der Waals surface area contributed by atoms with Gasteiger partial charge in [0.2, 0.25) is 0 Å². The standard InChI is InChI=1S/C16H20ClNO4/c1-10-7-13(17)5-6-14(10)22-9-15(19)18-8-12(16(20)21)4-3-11(18)2/h5-7,11-12H,3-4,8-9H2,1-2H3,(H,20,21). The van der Waals surface area contributed by atoms with Gasteiger partial charge in [-0.25, -0.2) is 0 Å². The van der Waals surface area contributed by atoms with E-state index in [0.29, 0.717) is 23.6 Å². The van der Waals surface area contributed by atoms with Gasteiger partial charge in [0.15, 0.2) is 6.61 Å².